The van der Waals surface area contributed by atoms with Crippen LogP contribution in [0.3, 0.4) is 0 Å². The van der Waals surface area contributed by atoms with E-state index in [2.05, 4.69) is 34.1 Å². The number of amides is 2. The molecule has 0 spiro atoms. The highest BCUT2D eigenvalue weighted by atomic mass is 16.2. The summed E-state index contributed by atoms with van der Waals surface area (Å²) in [7, 11) is 0. The van der Waals surface area contributed by atoms with Gasteiger partial charge in [-0.1, -0.05) is 36.4 Å². The molecule has 2 aromatic rings. The summed E-state index contributed by atoms with van der Waals surface area (Å²) in [4.78, 5) is 23.8. The molecule has 0 radical (unpaired) electrons. The zero-order chi connectivity index (χ0) is 17.5. The van der Waals surface area contributed by atoms with Gasteiger partial charge in [0.25, 0.3) is 5.91 Å². The number of fused-ring (bicyclic) bond motifs is 1. The van der Waals surface area contributed by atoms with Gasteiger partial charge in [-0.2, -0.15) is 0 Å². The molecule has 2 amide bonds. The van der Waals surface area contributed by atoms with E-state index < -0.39 is 0 Å². The van der Waals surface area contributed by atoms with Crippen molar-refractivity contribution in [3.8, 4) is 0 Å². The quantitative estimate of drug-likeness (QED) is 0.678. The molecule has 0 saturated heterocycles. The van der Waals surface area contributed by atoms with Crippen molar-refractivity contribution in [1.82, 2.24) is 16.0 Å². The molecule has 5 nitrogen and oxygen atoms in total. The Morgan fingerprint density at radius 2 is 1.76 bits per heavy atom. The Morgan fingerprint density at radius 3 is 2.60 bits per heavy atom. The fourth-order valence-electron chi connectivity index (χ4n) is 2.89. The maximum absolute atomic E-state index is 11.9. The van der Waals surface area contributed by atoms with Crippen molar-refractivity contribution in [2.75, 3.05) is 6.54 Å². The highest BCUT2D eigenvalue weighted by Crippen LogP contribution is 2.16. The van der Waals surface area contributed by atoms with Crippen molar-refractivity contribution in [1.29, 1.82) is 0 Å². The topological polar surface area (TPSA) is 70.2 Å². The van der Waals surface area contributed by atoms with E-state index >= 15 is 0 Å². The van der Waals surface area contributed by atoms with Crippen LogP contribution in [-0.2, 0) is 24.4 Å². The van der Waals surface area contributed by atoms with Gasteiger partial charge in [-0.15, -0.1) is 0 Å². The lowest BCUT2D eigenvalue weighted by Gasteiger charge is -2.08. The summed E-state index contributed by atoms with van der Waals surface area (Å²) >= 11 is 0. The molecular formula is C20H23N3O2. The molecule has 1 heterocycles. The zero-order valence-electron chi connectivity index (χ0n) is 14.2. The van der Waals surface area contributed by atoms with Crippen LogP contribution in [0.25, 0.3) is 0 Å². The van der Waals surface area contributed by atoms with E-state index in [4.69, 9.17) is 0 Å². The molecule has 0 aliphatic carbocycles. The van der Waals surface area contributed by atoms with E-state index in [0.29, 0.717) is 31.5 Å². The Morgan fingerprint density at radius 1 is 0.960 bits per heavy atom. The molecule has 1 aliphatic heterocycles. The number of benzene rings is 2. The standard InChI is InChI=1S/C20H23N3O2/c24-19(7-4-10-22-20(25)16-5-2-1-3-6-16)23-12-15-8-9-17-13-21-14-18(17)11-15/h1-3,5-6,8-9,11,21H,4,7,10,12-14H2,(H,22,25)(H,23,24). The minimum absolute atomic E-state index is 0.00702. The van der Waals surface area contributed by atoms with Crippen LogP contribution in [0.5, 0.6) is 0 Å². The zero-order valence-corrected chi connectivity index (χ0v) is 14.2. The average molecular weight is 337 g/mol. The number of carbonyl (C=O) groups excluding carboxylic acids is 2. The molecule has 2 aromatic carbocycles. The molecular weight excluding hydrogens is 314 g/mol. The summed E-state index contributed by atoms with van der Waals surface area (Å²) in [5, 5.41) is 9.08. The predicted molar refractivity (Wildman–Crippen MR) is 96.8 cm³/mol. The van der Waals surface area contributed by atoms with Gasteiger partial charge in [0.2, 0.25) is 5.91 Å². The second-order valence-electron chi connectivity index (χ2n) is 6.21. The normalized spacial score (nSPS) is 12.5. The first-order valence-electron chi connectivity index (χ1n) is 8.64. The molecule has 25 heavy (non-hydrogen) atoms. The third-order valence-electron chi connectivity index (χ3n) is 4.29. The summed E-state index contributed by atoms with van der Waals surface area (Å²) in [5.74, 6) is -0.0969. The molecule has 1 aliphatic rings. The van der Waals surface area contributed by atoms with E-state index in [9.17, 15) is 9.59 Å². The van der Waals surface area contributed by atoms with E-state index in [1.165, 1.54) is 11.1 Å². The van der Waals surface area contributed by atoms with E-state index in [1.807, 2.05) is 18.2 Å². The van der Waals surface area contributed by atoms with Crippen LogP contribution in [0.4, 0.5) is 0 Å². The molecule has 0 bridgehead atoms. The van der Waals surface area contributed by atoms with Crippen LogP contribution in [0.1, 0.15) is 39.9 Å². The molecule has 0 unspecified atom stereocenters. The van der Waals surface area contributed by atoms with Gasteiger partial charge in [0.1, 0.15) is 0 Å². The van der Waals surface area contributed by atoms with Gasteiger partial charge in [-0.05, 0) is 35.2 Å². The van der Waals surface area contributed by atoms with Crippen LogP contribution in [0.15, 0.2) is 48.5 Å². The summed E-state index contributed by atoms with van der Waals surface area (Å²) in [6, 6.07) is 15.4. The minimum Gasteiger partial charge on any atom is -0.352 e. The average Bonchev–Trinajstić information content (AvgIpc) is 3.12. The Kier molecular flexibility index (Phi) is 5.80. The Hall–Kier alpha value is -2.66. The van der Waals surface area contributed by atoms with Crippen molar-refractivity contribution in [3.63, 3.8) is 0 Å². The van der Waals surface area contributed by atoms with E-state index in [-0.39, 0.29) is 11.8 Å². The Labute approximate surface area is 147 Å². The lowest BCUT2D eigenvalue weighted by atomic mass is 10.1. The fourth-order valence-corrected chi connectivity index (χ4v) is 2.89. The molecule has 0 atom stereocenters. The second-order valence-corrected chi connectivity index (χ2v) is 6.21. The third-order valence-corrected chi connectivity index (χ3v) is 4.29. The molecule has 0 saturated carbocycles. The van der Waals surface area contributed by atoms with Crippen LogP contribution in [0.2, 0.25) is 0 Å². The van der Waals surface area contributed by atoms with Crippen LogP contribution < -0.4 is 16.0 Å². The fraction of sp³-hybridized carbons (Fsp3) is 0.300. The van der Waals surface area contributed by atoms with Gasteiger partial charge >= 0.3 is 0 Å². The first-order chi connectivity index (χ1) is 12.2. The van der Waals surface area contributed by atoms with Crippen molar-refractivity contribution in [2.45, 2.75) is 32.5 Å². The summed E-state index contributed by atoms with van der Waals surface area (Å²) in [6.45, 7) is 2.86. The molecule has 130 valence electrons. The summed E-state index contributed by atoms with van der Waals surface area (Å²) < 4.78 is 0. The molecule has 0 fully saturated rings. The molecule has 3 N–H and O–H groups in total. The number of nitrogens with one attached hydrogen (secondary N) is 3. The number of hydrogen-bond acceptors (Lipinski definition) is 3. The molecule has 0 aromatic heterocycles. The maximum atomic E-state index is 11.9. The van der Waals surface area contributed by atoms with Crippen LogP contribution >= 0.6 is 0 Å². The SMILES string of the molecule is O=C(CCCNC(=O)c1ccccc1)NCc1ccc2c(c1)CNC2. The smallest absolute Gasteiger partial charge is 0.251 e. The lowest BCUT2D eigenvalue weighted by Crippen LogP contribution is -2.27. The molecule has 5 heteroatoms. The van der Waals surface area contributed by atoms with Crippen molar-refractivity contribution in [3.05, 3.63) is 70.8 Å². The van der Waals surface area contributed by atoms with Crippen molar-refractivity contribution >= 4 is 11.8 Å². The Balaban J connectivity index is 1.34. The van der Waals surface area contributed by atoms with Gasteiger partial charge in [0.15, 0.2) is 0 Å². The highest BCUT2D eigenvalue weighted by Gasteiger charge is 2.10. The second kappa shape index (κ2) is 8.44. The number of rotatable bonds is 7. The largest absolute Gasteiger partial charge is 0.352 e. The number of carbonyl (C=O) groups is 2. The molecule has 3 rings (SSSR count). The van der Waals surface area contributed by atoms with E-state index in [0.717, 1.165) is 18.7 Å². The van der Waals surface area contributed by atoms with Gasteiger partial charge < -0.3 is 16.0 Å². The van der Waals surface area contributed by atoms with E-state index in [1.54, 1.807) is 12.1 Å². The van der Waals surface area contributed by atoms with Gasteiger partial charge in [-0.3, -0.25) is 9.59 Å². The summed E-state index contributed by atoms with van der Waals surface area (Å²) in [5.41, 5.74) is 4.41. The van der Waals surface area contributed by atoms with Crippen molar-refractivity contribution < 1.29 is 9.59 Å². The third kappa shape index (κ3) is 4.90. The monoisotopic (exact) mass is 337 g/mol. The first kappa shape index (κ1) is 17.2. The number of hydrogen-bond donors (Lipinski definition) is 3. The highest BCUT2D eigenvalue weighted by molar-refractivity contribution is 5.94. The Bertz CT molecular complexity index is 744. The predicted octanol–water partition coefficient (Wildman–Crippen LogP) is 2.12. The van der Waals surface area contributed by atoms with Gasteiger partial charge in [-0.25, -0.2) is 0 Å². The van der Waals surface area contributed by atoms with Crippen molar-refractivity contribution in [2.24, 2.45) is 0 Å². The first-order valence-corrected chi connectivity index (χ1v) is 8.64. The van der Waals surface area contributed by atoms with Gasteiger partial charge in [0.05, 0.1) is 0 Å². The minimum atomic E-state index is -0.104. The van der Waals surface area contributed by atoms with Crippen LogP contribution in [0, 0.1) is 0 Å². The lowest BCUT2D eigenvalue weighted by molar-refractivity contribution is -0.121. The maximum Gasteiger partial charge on any atom is 0.251 e. The summed E-state index contributed by atoms with van der Waals surface area (Å²) in [6.07, 6.45) is 1.03. The van der Waals surface area contributed by atoms with Crippen LogP contribution in [-0.4, -0.2) is 18.4 Å². The van der Waals surface area contributed by atoms with Gasteiger partial charge in [0, 0.05) is 38.2 Å².